The molecule has 1 aromatic rings. The summed E-state index contributed by atoms with van der Waals surface area (Å²) in [5, 5.41) is 15.8. The molecule has 13 heavy (non-hydrogen) atoms. The van der Waals surface area contributed by atoms with Crippen LogP contribution in [0, 0.1) is 11.3 Å². The standard InChI is InChI=1S/C8H13N5/c1-3-7(4-9)10-5-8-11-6-13(2)12-8/h6-7,10H,3,5H2,1-2H3. The molecule has 0 aliphatic heterocycles. The van der Waals surface area contributed by atoms with Crippen molar-refractivity contribution >= 4 is 0 Å². The third kappa shape index (κ3) is 2.84. The van der Waals surface area contributed by atoms with Crippen molar-refractivity contribution in [3.63, 3.8) is 0 Å². The molecule has 1 atom stereocenters. The van der Waals surface area contributed by atoms with E-state index in [1.165, 1.54) is 0 Å². The molecule has 0 spiro atoms. The van der Waals surface area contributed by atoms with Crippen LogP contribution in [0.15, 0.2) is 6.33 Å². The molecule has 0 fully saturated rings. The van der Waals surface area contributed by atoms with Crippen LogP contribution in [0.4, 0.5) is 0 Å². The van der Waals surface area contributed by atoms with Gasteiger partial charge in [0.25, 0.3) is 0 Å². The zero-order valence-electron chi connectivity index (χ0n) is 7.86. The summed E-state index contributed by atoms with van der Waals surface area (Å²) in [5.41, 5.74) is 0. The minimum absolute atomic E-state index is 0.108. The third-order valence-electron chi connectivity index (χ3n) is 1.72. The van der Waals surface area contributed by atoms with Gasteiger partial charge in [0, 0.05) is 7.05 Å². The van der Waals surface area contributed by atoms with E-state index in [0.29, 0.717) is 6.54 Å². The summed E-state index contributed by atoms with van der Waals surface area (Å²) in [6.45, 7) is 2.51. The number of nitrogens with zero attached hydrogens (tertiary/aromatic N) is 4. The van der Waals surface area contributed by atoms with Gasteiger partial charge >= 0.3 is 0 Å². The maximum atomic E-state index is 8.65. The summed E-state index contributed by atoms with van der Waals surface area (Å²) < 4.78 is 1.64. The Morgan fingerprint density at radius 1 is 1.77 bits per heavy atom. The Balaban J connectivity index is 2.39. The predicted molar refractivity (Wildman–Crippen MR) is 47.5 cm³/mol. The van der Waals surface area contributed by atoms with Crippen LogP contribution in [0.2, 0.25) is 0 Å². The van der Waals surface area contributed by atoms with Gasteiger partial charge in [0.2, 0.25) is 0 Å². The first kappa shape index (κ1) is 9.68. The molecule has 70 valence electrons. The first-order valence-electron chi connectivity index (χ1n) is 4.23. The highest BCUT2D eigenvalue weighted by Crippen LogP contribution is 1.92. The number of nitriles is 1. The average Bonchev–Trinajstić information content (AvgIpc) is 2.53. The van der Waals surface area contributed by atoms with Crippen molar-refractivity contribution in [2.45, 2.75) is 25.9 Å². The summed E-state index contributed by atoms with van der Waals surface area (Å²) >= 11 is 0. The van der Waals surface area contributed by atoms with Crippen LogP contribution < -0.4 is 5.32 Å². The second kappa shape index (κ2) is 4.58. The van der Waals surface area contributed by atoms with Crippen LogP contribution in [0.25, 0.3) is 0 Å². The van der Waals surface area contributed by atoms with Crippen molar-refractivity contribution < 1.29 is 0 Å². The molecule has 0 saturated carbocycles. The van der Waals surface area contributed by atoms with Gasteiger partial charge in [0.15, 0.2) is 5.82 Å². The summed E-state index contributed by atoms with van der Waals surface area (Å²) in [4.78, 5) is 4.04. The summed E-state index contributed by atoms with van der Waals surface area (Å²) in [6, 6.07) is 2.05. The molecule has 1 unspecified atom stereocenters. The van der Waals surface area contributed by atoms with Crippen LogP contribution in [-0.4, -0.2) is 20.8 Å². The van der Waals surface area contributed by atoms with E-state index in [1.54, 1.807) is 11.0 Å². The normalized spacial score (nSPS) is 12.4. The minimum Gasteiger partial charge on any atom is -0.295 e. The van der Waals surface area contributed by atoms with E-state index in [-0.39, 0.29) is 6.04 Å². The van der Waals surface area contributed by atoms with Gasteiger partial charge in [-0.1, -0.05) is 6.92 Å². The van der Waals surface area contributed by atoms with E-state index < -0.39 is 0 Å². The smallest absolute Gasteiger partial charge is 0.164 e. The minimum atomic E-state index is -0.108. The molecule has 0 amide bonds. The molecule has 0 aliphatic carbocycles. The average molecular weight is 179 g/mol. The van der Waals surface area contributed by atoms with Crippen molar-refractivity contribution in [3.8, 4) is 6.07 Å². The number of nitrogens with one attached hydrogen (secondary N) is 1. The third-order valence-corrected chi connectivity index (χ3v) is 1.72. The molecule has 0 radical (unpaired) electrons. The Kier molecular flexibility index (Phi) is 3.41. The van der Waals surface area contributed by atoms with Crippen molar-refractivity contribution in [3.05, 3.63) is 12.2 Å². The van der Waals surface area contributed by atoms with Crippen LogP contribution in [0.3, 0.4) is 0 Å². The summed E-state index contributed by atoms with van der Waals surface area (Å²) in [7, 11) is 1.82. The van der Waals surface area contributed by atoms with E-state index in [9.17, 15) is 0 Å². The van der Waals surface area contributed by atoms with E-state index in [4.69, 9.17) is 5.26 Å². The number of aryl methyl sites for hydroxylation is 1. The lowest BCUT2D eigenvalue weighted by Crippen LogP contribution is -2.26. The quantitative estimate of drug-likeness (QED) is 0.717. The first-order valence-corrected chi connectivity index (χ1v) is 4.23. The molecule has 1 N–H and O–H groups in total. The van der Waals surface area contributed by atoms with E-state index in [0.717, 1.165) is 12.2 Å². The van der Waals surface area contributed by atoms with Crippen LogP contribution in [0.5, 0.6) is 0 Å². The molecule has 1 rings (SSSR count). The molecule has 1 heterocycles. The van der Waals surface area contributed by atoms with Gasteiger partial charge in [0.1, 0.15) is 6.33 Å². The van der Waals surface area contributed by atoms with Gasteiger partial charge in [-0.25, -0.2) is 4.98 Å². The fourth-order valence-electron chi connectivity index (χ4n) is 0.961. The number of hydrogen-bond donors (Lipinski definition) is 1. The van der Waals surface area contributed by atoms with Gasteiger partial charge in [0.05, 0.1) is 18.7 Å². The first-order chi connectivity index (χ1) is 6.26. The lowest BCUT2D eigenvalue weighted by Gasteiger charge is -2.05. The SMILES string of the molecule is CCC(C#N)NCc1ncn(C)n1. The molecule has 5 heteroatoms. The largest absolute Gasteiger partial charge is 0.295 e. The molecule has 1 aromatic heterocycles. The lowest BCUT2D eigenvalue weighted by molar-refractivity contribution is 0.568. The highest BCUT2D eigenvalue weighted by Gasteiger charge is 2.04. The topological polar surface area (TPSA) is 66.5 Å². The number of aromatic nitrogens is 3. The molecule has 0 bridgehead atoms. The lowest BCUT2D eigenvalue weighted by atomic mass is 10.2. The fraction of sp³-hybridized carbons (Fsp3) is 0.625. The van der Waals surface area contributed by atoms with Crippen molar-refractivity contribution in [2.24, 2.45) is 7.05 Å². The second-order valence-electron chi connectivity index (χ2n) is 2.81. The van der Waals surface area contributed by atoms with Gasteiger partial charge in [-0.15, -0.1) is 0 Å². The Bertz CT molecular complexity index is 298. The molecule has 0 saturated heterocycles. The van der Waals surface area contributed by atoms with Crippen molar-refractivity contribution in [2.75, 3.05) is 0 Å². The Hall–Kier alpha value is -1.41. The van der Waals surface area contributed by atoms with Crippen molar-refractivity contribution in [1.29, 1.82) is 5.26 Å². The van der Waals surface area contributed by atoms with Crippen LogP contribution in [-0.2, 0) is 13.6 Å². The Morgan fingerprint density at radius 3 is 3.00 bits per heavy atom. The number of hydrogen-bond acceptors (Lipinski definition) is 4. The highest BCUT2D eigenvalue weighted by molar-refractivity contribution is 4.91. The molecular formula is C8H13N5. The van der Waals surface area contributed by atoms with Gasteiger partial charge in [-0.3, -0.25) is 10.00 Å². The Labute approximate surface area is 77.4 Å². The predicted octanol–water partition coefficient (Wildman–Crippen LogP) is 0.207. The van der Waals surface area contributed by atoms with Crippen LogP contribution in [0.1, 0.15) is 19.2 Å². The zero-order chi connectivity index (χ0) is 9.68. The monoisotopic (exact) mass is 179 g/mol. The summed E-state index contributed by atoms with van der Waals surface area (Å²) in [5.74, 6) is 0.719. The van der Waals surface area contributed by atoms with Gasteiger partial charge < -0.3 is 0 Å². The number of rotatable bonds is 4. The fourth-order valence-corrected chi connectivity index (χ4v) is 0.961. The zero-order valence-corrected chi connectivity index (χ0v) is 7.86. The Morgan fingerprint density at radius 2 is 2.54 bits per heavy atom. The van der Waals surface area contributed by atoms with E-state index >= 15 is 0 Å². The van der Waals surface area contributed by atoms with E-state index in [2.05, 4.69) is 21.5 Å². The molecule has 0 aromatic carbocycles. The van der Waals surface area contributed by atoms with Gasteiger partial charge in [-0.2, -0.15) is 10.4 Å². The van der Waals surface area contributed by atoms with Gasteiger partial charge in [-0.05, 0) is 6.42 Å². The molecule has 0 aliphatic rings. The van der Waals surface area contributed by atoms with E-state index in [1.807, 2.05) is 14.0 Å². The highest BCUT2D eigenvalue weighted by atomic mass is 15.3. The maximum Gasteiger partial charge on any atom is 0.164 e. The van der Waals surface area contributed by atoms with Crippen LogP contribution >= 0.6 is 0 Å². The molecule has 5 nitrogen and oxygen atoms in total. The maximum absolute atomic E-state index is 8.65. The second-order valence-corrected chi connectivity index (χ2v) is 2.81. The molecular weight excluding hydrogens is 166 g/mol. The summed E-state index contributed by atoms with van der Waals surface area (Å²) in [6.07, 6.45) is 2.44. The van der Waals surface area contributed by atoms with Crippen molar-refractivity contribution in [1.82, 2.24) is 20.1 Å².